The Morgan fingerprint density at radius 1 is 1.24 bits per heavy atom. The van der Waals surface area contributed by atoms with Crippen LogP contribution in [0, 0.1) is 5.92 Å². The molecule has 1 aliphatic rings. The van der Waals surface area contributed by atoms with Gasteiger partial charge in [-0.25, -0.2) is 0 Å². The molecule has 1 aromatic rings. The number of nitrogens with zero attached hydrogens (tertiary/aromatic N) is 1. The number of hydrogen-bond donors (Lipinski definition) is 2. The number of amides is 2. The van der Waals surface area contributed by atoms with E-state index < -0.39 is 0 Å². The van der Waals surface area contributed by atoms with Crippen LogP contribution in [0.15, 0.2) is 24.3 Å². The fourth-order valence-corrected chi connectivity index (χ4v) is 3.26. The zero-order chi connectivity index (χ0) is 17.7. The number of nitrogens with one attached hydrogen (secondary N) is 1. The third-order valence-corrected chi connectivity index (χ3v) is 4.69. The van der Waals surface area contributed by atoms with Crippen molar-refractivity contribution in [3.8, 4) is 0 Å². The third kappa shape index (κ3) is 6.33. The van der Waals surface area contributed by atoms with E-state index in [0.29, 0.717) is 6.54 Å². The molecule has 1 aromatic carbocycles. The highest BCUT2D eigenvalue weighted by atomic mass is 35.5. The van der Waals surface area contributed by atoms with Crippen LogP contribution < -0.4 is 11.1 Å². The minimum Gasteiger partial charge on any atom is -0.336 e. The van der Waals surface area contributed by atoms with Crippen LogP contribution in [0.25, 0.3) is 0 Å². The van der Waals surface area contributed by atoms with Crippen LogP contribution in [0.4, 0.5) is 5.69 Å². The fraction of sp³-hybridized carbons (Fsp3) is 0.579. The molecule has 2 amide bonds. The number of halogens is 1. The van der Waals surface area contributed by atoms with E-state index in [-0.39, 0.29) is 42.2 Å². The molecular formula is C19H30ClN3O2. The van der Waals surface area contributed by atoms with E-state index in [2.05, 4.69) is 5.32 Å². The van der Waals surface area contributed by atoms with Gasteiger partial charge in [0.2, 0.25) is 11.8 Å². The summed E-state index contributed by atoms with van der Waals surface area (Å²) in [6.07, 6.45) is 3.72. The van der Waals surface area contributed by atoms with E-state index >= 15 is 0 Å². The Hall–Kier alpha value is -1.59. The van der Waals surface area contributed by atoms with Gasteiger partial charge in [-0.3, -0.25) is 9.59 Å². The Morgan fingerprint density at radius 2 is 1.88 bits per heavy atom. The summed E-state index contributed by atoms with van der Waals surface area (Å²) >= 11 is 0. The van der Waals surface area contributed by atoms with Gasteiger partial charge in [-0.1, -0.05) is 18.6 Å². The lowest BCUT2D eigenvalue weighted by Gasteiger charge is -2.26. The lowest BCUT2D eigenvalue weighted by molar-refractivity contribution is -0.131. The van der Waals surface area contributed by atoms with Crippen LogP contribution in [-0.2, 0) is 16.1 Å². The molecule has 0 aromatic heterocycles. The third-order valence-electron chi connectivity index (χ3n) is 4.69. The minimum atomic E-state index is 0. The molecule has 0 aliphatic heterocycles. The first-order valence-electron chi connectivity index (χ1n) is 8.79. The maximum atomic E-state index is 12.3. The second-order valence-corrected chi connectivity index (χ2v) is 7.05. The molecule has 0 saturated heterocycles. The average molecular weight is 368 g/mol. The van der Waals surface area contributed by atoms with Crippen molar-refractivity contribution in [2.45, 2.75) is 65.1 Å². The highest BCUT2D eigenvalue weighted by molar-refractivity contribution is 5.92. The average Bonchev–Trinajstić information content (AvgIpc) is 2.53. The van der Waals surface area contributed by atoms with E-state index in [9.17, 15) is 9.59 Å². The van der Waals surface area contributed by atoms with Crippen molar-refractivity contribution in [2.75, 3.05) is 5.32 Å². The maximum Gasteiger partial charge on any atom is 0.227 e. The number of nitrogens with two attached hydrogens (primary N) is 1. The Balaban J connectivity index is 0.00000312. The summed E-state index contributed by atoms with van der Waals surface area (Å²) < 4.78 is 0. The molecule has 0 bridgehead atoms. The predicted molar refractivity (Wildman–Crippen MR) is 104 cm³/mol. The number of carbonyl (C=O) groups excluding carboxylic acids is 2. The second kappa shape index (κ2) is 9.78. The molecule has 1 saturated carbocycles. The highest BCUT2D eigenvalue weighted by Crippen LogP contribution is 2.24. The van der Waals surface area contributed by atoms with Gasteiger partial charge in [-0.2, -0.15) is 0 Å². The van der Waals surface area contributed by atoms with Gasteiger partial charge in [0, 0.05) is 37.2 Å². The first kappa shape index (κ1) is 21.5. The van der Waals surface area contributed by atoms with Crippen LogP contribution in [0.1, 0.15) is 52.0 Å². The summed E-state index contributed by atoms with van der Waals surface area (Å²) in [5.41, 5.74) is 7.80. The van der Waals surface area contributed by atoms with Gasteiger partial charge < -0.3 is 16.0 Å². The van der Waals surface area contributed by atoms with E-state index in [1.54, 1.807) is 6.92 Å². The zero-order valence-electron chi connectivity index (χ0n) is 15.3. The summed E-state index contributed by atoms with van der Waals surface area (Å²) in [5.74, 6) is 0.143. The molecule has 2 rings (SSSR count). The van der Waals surface area contributed by atoms with Gasteiger partial charge in [-0.05, 0) is 50.8 Å². The first-order chi connectivity index (χ1) is 11.4. The van der Waals surface area contributed by atoms with Crippen molar-refractivity contribution >= 4 is 29.9 Å². The Labute approximate surface area is 156 Å². The number of benzene rings is 1. The summed E-state index contributed by atoms with van der Waals surface area (Å²) in [6, 6.07) is 8.02. The predicted octanol–water partition coefficient (Wildman–Crippen LogP) is 3.32. The van der Waals surface area contributed by atoms with Crippen LogP contribution in [0.2, 0.25) is 0 Å². The lowest BCUT2D eigenvalue weighted by atomic mass is 9.85. The summed E-state index contributed by atoms with van der Waals surface area (Å²) in [4.78, 5) is 25.8. The fourth-order valence-electron chi connectivity index (χ4n) is 3.26. The molecule has 6 heteroatoms. The van der Waals surface area contributed by atoms with Crippen LogP contribution >= 0.6 is 12.4 Å². The van der Waals surface area contributed by atoms with E-state index in [0.717, 1.165) is 36.9 Å². The molecule has 140 valence electrons. The van der Waals surface area contributed by atoms with Gasteiger partial charge in [0.1, 0.15) is 0 Å². The topological polar surface area (TPSA) is 75.4 Å². The molecule has 0 radical (unpaired) electrons. The van der Waals surface area contributed by atoms with Crippen LogP contribution in [0.3, 0.4) is 0 Å². The van der Waals surface area contributed by atoms with Crippen molar-refractivity contribution in [3.05, 3.63) is 29.8 Å². The van der Waals surface area contributed by atoms with Gasteiger partial charge >= 0.3 is 0 Å². The number of rotatable bonds is 5. The van der Waals surface area contributed by atoms with Crippen molar-refractivity contribution in [3.63, 3.8) is 0 Å². The number of hydrogen-bond acceptors (Lipinski definition) is 3. The smallest absolute Gasteiger partial charge is 0.227 e. The van der Waals surface area contributed by atoms with Gasteiger partial charge in [-0.15, -0.1) is 12.4 Å². The molecule has 1 aliphatic carbocycles. The summed E-state index contributed by atoms with van der Waals surface area (Å²) in [6.45, 7) is 6.18. The van der Waals surface area contributed by atoms with Crippen LogP contribution in [-0.4, -0.2) is 28.8 Å². The second-order valence-electron chi connectivity index (χ2n) is 7.05. The number of carbonyl (C=O) groups is 2. The molecule has 0 spiro atoms. The SMILES string of the molecule is CC(=O)N(Cc1ccc(NC(=O)C2CCCC(N)C2)cc1)C(C)C.Cl. The van der Waals surface area contributed by atoms with Crippen LogP contribution in [0.5, 0.6) is 0 Å². The number of anilines is 1. The highest BCUT2D eigenvalue weighted by Gasteiger charge is 2.25. The molecule has 3 N–H and O–H groups in total. The largest absolute Gasteiger partial charge is 0.336 e. The van der Waals surface area contributed by atoms with Crippen molar-refractivity contribution in [2.24, 2.45) is 11.7 Å². The Kier molecular flexibility index (Phi) is 8.39. The summed E-state index contributed by atoms with van der Waals surface area (Å²) in [5, 5.41) is 2.98. The molecule has 0 heterocycles. The van der Waals surface area contributed by atoms with Crippen molar-refractivity contribution in [1.29, 1.82) is 0 Å². The van der Waals surface area contributed by atoms with E-state index in [1.165, 1.54) is 0 Å². The Bertz CT molecular complexity index is 575. The quantitative estimate of drug-likeness (QED) is 0.838. The van der Waals surface area contributed by atoms with E-state index in [1.807, 2.05) is 43.0 Å². The van der Waals surface area contributed by atoms with Gasteiger partial charge in [0.05, 0.1) is 0 Å². The maximum absolute atomic E-state index is 12.3. The summed E-state index contributed by atoms with van der Waals surface area (Å²) in [7, 11) is 0. The van der Waals surface area contributed by atoms with Gasteiger partial charge in [0.15, 0.2) is 0 Å². The molecule has 5 nitrogen and oxygen atoms in total. The molecule has 2 unspecified atom stereocenters. The normalized spacial score (nSPS) is 19.9. The van der Waals surface area contributed by atoms with E-state index in [4.69, 9.17) is 5.73 Å². The first-order valence-corrected chi connectivity index (χ1v) is 8.79. The molecular weight excluding hydrogens is 338 g/mol. The molecule has 1 fully saturated rings. The minimum absolute atomic E-state index is 0. The van der Waals surface area contributed by atoms with Gasteiger partial charge in [0.25, 0.3) is 0 Å². The van der Waals surface area contributed by atoms with Crippen molar-refractivity contribution in [1.82, 2.24) is 4.90 Å². The monoisotopic (exact) mass is 367 g/mol. The molecule has 25 heavy (non-hydrogen) atoms. The molecule has 2 atom stereocenters. The Morgan fingerprint density at radius 3 is 2.40 bits per heavy atom. The standard InChI is InChI=1S/C19H29N3O2.ClH/c1-13(2)22(14(3)23)12-15-7-9-18(10-8-15)21-19(24)16-5-4-6-17(20)11-16;/h7-10,13,16-17H,4-6,11-12,20H2,1-3H3,(H,21,24);1H. The lowest BCUT2D eigenvalue weighted by Crippen LogP contribution is -2.34. The van der Waals surface area contributed by atoms with Crippen molar-refractivity contribution < 1.29 is 9.59 Å². The zero-order valence-corrected chi connectivity index (χ0v) is 16.1.